The largest absolute Gasteiger partial charge is 0.507 e. The van der Waals surface area contributed by atoms with Gasteiger partial charge in [0.15, 0.2) is 5.70 Å². The van der Waals surface area contributed by atoms with Gasteiger partial charge in [0.1, 0.15) is 24.6 Å². The monoisotopic (exact) mass is 543 g/mol. The molecular weight excluding hydrogens is 511 g/mol. The second-order valence-corrected chi connectivity index (χ2v) is 9.91. The molecule has 1 aliphatic carbocycles. The molecule has 3 aliphatic rings. The molecule has 0 aromatic heterocycles. The molecule has 0 spiro atoms. The molecule has 2 heterocycles. The van der Waals surface area contributed by atoms with Gasteiger partial charge in [-0.05, 0) is 48.1 Å². The minimum absolute atomic E-state index is 0.109. The van der Waals surface area contributed by atoms with E-state index in [1.165, 1.54) is 12.1 Å². The van der Waals surface area contributed by atoms with E-state index in [1.807, 2.05) is 48.5 Å². The number of alkyl halides is 3. The molecule has 2 atom stereocenters. The van der Waals surface area contributed by atoms with Crippen LogP contribution in [0.2, 0.25) is 0 Å². The predicted octanol–water partition coefficient (Wildman–Crippen LogP) is 4.86. The maximum Gasteiger partial charge on any atom is 0.408 e. The zero-order valence-electron chi connectivity index (χ0n) is 21.9. The number of carbonyl (C=O) groups excluding carboxylic acids is 1. The van der Waals surface area contributed by atoms with Crippen LogP contribution in [0, 0.1) is 0 Å². The average molecular weight is 544 g/mol. The summed E-state index contributed by atoms with van der Waals surface area (Å²) in [6.07, 6.45) is -0.805. The van der Waals surface area contributed by atoms with Crippen molar-refractivity contribution < 1.29 is 32.5 Å². The Hall–Kier alpha value is -3.34. The van der Waals surface area contributed by atoms with E-state index in [1.54, 1.807) is 17.3 Å². The van der Waals surface area contributed by atoms with E-state index in [9.17, 15) is 23.1 Å². The number of aliphatic hydroxyl groups is 1. The maximum absolute atomic E-state index is 14.3. The van der Waals surface area contributed by atoms with Crippen LogP contribution in [0.15, 0.2) is 72.3 Å². The summed E-state index contributed by atoms with van der Waals surface area (Å²) in [5, 5.41) is 14.3. The van der Waals surface area contributed by atoms with Gasteiger partial charge in [-0.25, -0.2) is 0 Å². The lowest BCUT2D eigenvalue weighted by Crippen LogP contribution is -2.67. The Morgan fingerprint density at radius 3 is 2.28 bits per heavy atom. The van der Waals surface area contributed by atoms with E-state index < -0.39 is 36.1 Å². The van der Waals surface area contributed by atoms with Crippen molar-refractivity contribution in [1.82, 2.24) is 14.9 Å². The molecule has 0 bridgehead atoms. The number of hydrazine groups is 1. The van der Waals surface area contributed by atoms with Crippen molar-refractivity contribution in [3.8, 4) is 0 Å². The van der Waals surface area contributed by atoms with E-state index in [4.69, 9.17) is 9.47 Å². The highest BCUT2D eigenvalue weighted by Gasteiger charge is 2.54. The van der Waals surface area contributed by atoms with Crippen LogP contribution in [0.5, 0.6) is 0 Å². The van der Waals surface area contributed by atoms with Crippen LogP contribution in [0.4, 0.5) is 13.2 Å². The molecular formula is C29H32F3N3O4. The summed E-state index contributed by atoms with van der Waals surface area (Å²) in [6, 6.07) is 13.1. The highest BCUT2D eigenvalue weighted by molar-refractivity contribution is 5.94. The number of carbonyl (C=O) groups is 1. The van der Waals surface area contributed by atoms with Crippen molar-refractivity contribution in [3.05, 3.63) is 94.5 Å². The third kappa shape index (κ3) is 5.04. The number of aliphatic hydroxyl groups excluding tert-OH is 1. The summed E-state index contributed by atoms with van der Waals surface area (Å²) in [6.45, 7) is 0.967. The van der Waals surface area contributed by atoms with Crippen molar-refractivity contribution >= 4 is 5.91 Å². The average Bonchev–Trinajstić information content (AvgIpc) is 3.06. The van der Waals surface area contributed by atoms with Crippen molar-refractivity contribution in [2.24, 2.45) is 0 Å². The fourth-order valence-corrected chi connectivity index (χ4v) is 5.75. The molecule has 10 heteroatoms. The van der Waals surface area contributed by atoms with Crippen LogP contribution in [0.3, 0.4) is 0 Å². The Kier molecular flexibility index (Phi) is 7.70. The molecule has 1 N–H and O–H groups in total. The molecule has 0 unspecified atom stereocenters. The summed E-state index contributed by atoms with van der Waals surface area (Å²) in [7, 11) is 1.48. The SMILES string of the molecule is COCC[C@H]1N([C@H](C)C(F)(F)F)C(=O)/C2=C(\O)COC/C=C\N2N1C1c2ccccc2CCc2ccccc21. The van der Waals surface area contributed by atoms with E-state index in [-0.39, 0.29) is 31.9 Å². The molecule has 0 radical (unpaired) electrons. The summed E-state index contributed by atoms with van der Waals surface area (Å²) in [4.78, 5) is 14.7. The lowest BCUT2D eigenvalue weighted by molar-refractivity contribution is -0.222. The fourth-order valence-electron chi connectivity index (χ4n) is 5.75. The Morgan fingerprint density at radius 1 is 1.08 bits per heavy atom. The first-order valence-corrected chi connectivity index (χ1v) is 13.0. The second-order valence-electron chi connectivity index (χ2n) is 9.91. The van der Waals surface area contributed by atoms with E-state index in [0.29, 0.717) is 0 Å². The minimum atomic E-state index is -4.70. The third-order valence-corrected chi connectivity index (χ3v) is 7.61. The molecule has 2 aromatic rings. The van der Waals surface area contributed by atoms with Crippen molar-refractivity contribution in [2.75, 3.05) is 26.9 Å². The molecule has 208 valence electrons. The lowest BCUT2D eigenvalue weighted by atomic mass is 9.92. The minimum Gasteiger partial charge on any atom is -0.507 e. The highest BCUT2D eigenvalue weighted by Crippen LogP contribution is 2.45. The van der Waals surface area contributed by atoms with Gasteiger partial charge >= 0.3 is 6.18 Å². The molecule has 2 aromatic carbocycles. The fraction of sp³-hybridized carbons (Fsp3) is 0.414. The van der Waals surface area contributed by atoms with Gasteiger partial charge in [-0.1, -0.05) is 48.5 Å². The van der Waals surface area contributed by atoms with E-state index in [2.05, 4.69) is 0 Å². The van der Waals surface area contributed by atoms with Gasteiger partial charge in [0, 0.05) is 26.3 Å². The molecule has 5 rings (SSSR count). The first kappa shape index (κ1) is 27.2. The summed E-state index contributed by atoms with van der Waals surface area (Å²) in [5.74, 6) is -1.34. The van der Waals surface area contributed by atoms with Gasteiger partial charge in [0.25, 0.3) is 5.91 Å². The Morgan fingerprint density at radius 2 is 1.69 bits per heavy atom. The molecule has 1 fully saturated rings. The van der Waals surface area contributed by atoms with Crippen LogP contribution in [-0.2, 0) is 27.1 Å². The zero-order valence-corrected chi connectivity index (χ0v) is 21.9. The molecule has 39 heavy (non-hydrogen) atoms. The van der Waals surface area contributed by atoms with E-state index in [0.717, 1.165) is 46.9 Å². The predicted molar refractivity (Wildman–Crippen MR) is 138 cm³/mol. The molecule has 2 aliphatic heterocycles. The number of aryl methyl sites for hydroxylation is 2. The first-order chi connectivity index (χ1) is 18.7. The van der Waals surface area contributed by atoms with Gasteiger partial charge < -0.3 is 19.5 Å². The van der Waals surface area contributed by atoms with Crippen LogP contribution in [0.1, 0.15) is 41.6 Å². The van der Waals surface area contributed by atoms with Crippen LogP contribution in [-0.4, -0.2) is 71.2 Å². The van der Waals surface area contributed by atoms with E-state index >= 15 is 0 Å². The van der Waals surface area contributed by atoms with Gasteiger partial charge in [-0.3, -0.25) is 9.80 Å². The van der Waals surface area contributed by atoms with Crippen LogP contribution >= 0.6 is 0 Å². The number of ether oxygens (including phenoxy) is 2. The van der Waals surface area contributed by atoms with Crippen LogP contribution < -0.4 is 0 Å². The van der Waals surface area contributed by atoms with Crippen LogP contribution in [0.25, 0.3) is 0 Å². The number of halogens is 3. The first-order valence-electron chi connectivity index (χ1n) is 13.0. The highest BCUT2D eigenvalue weighted by atomic mass is 19.4. The standard InChI is InChI=1S/C29H32F3N3O4/c1-19(29(30,31)32)34-25(14-17-38-2)35(33-15-7-16-39-18-24(36)27(33)28(34)37)26-22-10-5-3-8-20(22)12-13-21-9-4-6-11-23(21)26/h3-11,15,19,25-26,36H,12-14,16-18H2,1-2H3/b15-7-,27-24+/t19-,25+/m1/s1. The normalized spacial score (nSPS) is 24.2. The molecule has 7 nitrogen and oxygen atoms in total. The molecule has 0 saturated carbocycles. The second kappa shape index (κ2) is 11.0. The van der Waals surface area contributed by atoms with Gasteiger partial charge in [0.05, 0.1) is 12.6 Å². The number of nitrogens with zero attached hydrogens (tertiary/aromatic N) is 3. The summed E-state index contributed by atoms with van der Waals surface area (Å²) >= 11 is 0. The smallest absolute Gasteiger partial charge is 0.408 e. The maximum atomic E-state index is 14.3. The summed E-state index contributed by atoms with van der Waals surface area (Å²) < 4.78 is 53.7. The van der Waals surface area contributed by atoms with Crippen molar-refractivity contribution in [1.29, 1.82) is 0 Å². The summed E-state index contributed by atoms with van der Waals surface area (Å²) in [5.41, 5.74) is 3.76. The zero-order chi connectivity index (χ0) is 27.7. The Balaban J connectivity index is 1.80. The number of rotatable bonds is 5. The van der Waals surface area contributed by atoms with Gasteiger partial charge in [-0.15, -0.1) is 0 Å². The van der Waals surface area contributed by atoms with Gasteiger partial charge in [0.2, 0.25) is 0 Å². The van der Waals surface area contributed by atoms with Crippen molar-refractivity contribution in [3.63, 3.8) is 0 Å². The van der Waals surface area contributed by atoms with Crippen molar-refractivity contribution in [2.45, 2.75) is 50.6 Å². The number of benzene rings is 2. The number of fused-ring (bicyclic) bond motifs is 3. The Labute approximate surface area is 225 Å². The van der Waals surface area contributed by atoms with Gasteiger partial charge in [-0.2, -0.15) is 18.2 Å². The quantitative estimate of drug-likeness (QED) is 0.581. The molecule has 1 amide bonds. The topological polar surface area (TPSA) is 65.5 Å². The number of hydrogen-bond acceptors (Lipinski definition) is 6. The number of amides is 1. The lowest BCUT2D eigenvalue weighted by Gasteiger charge is -2.54. The third-order valence-electron chi connectivity index (χ3n) is 7.61. The number of methoxy groups -OCH3 is 1. The number of hydrogen-bond donors (Lipinski definition) is 1. The molecule has 1 saturated heterocycles. The Bertz CT molecular complexity index is 1230.